The van der Waals surface area contributed by atoms with Crippen molar-refractivity contribution < 1.29 is 52.6 Å². The number of methoxy groups -OCH3 is 2. The van der Waals surface area contributed by atoms with Crippen molar-refractivity contribution >= 4 is 17.7 Å². The minimum Gasteiger partial charge on any atom is -0.493 e. The number of aliphatic hydroxyl groups is 1. The van der Waals surface area contributed by atoms with Crippen LogP contribution in [0.25, 0.3) is 0 Å². The third kappa shape index (κ3) is 4.40. The molecule has 2 heterocycles. The molecule has 0 amide bonds. The highest BCUT2D eigenvalue weighted by atomic mass is 16.7. The van der Waals surface area contributed by atoms with Crippen molar-refractivity contribution in [2.75, 3.05) is 27.6 Å². The monoisotopic (exact) mass is 618 g/mol. The lowest BCUT2D eigenvalue weighted by Gasteiger charge is -2.48. The molecule has 2 aliphatic carbocycles. The van der Waals surface area contributed by atoms with Gasteiger partial charge in [-0.2, -0.15) is 0 Å². The minimum absolute atomic E-state index is 0.0790. The largest absolute Gasteiger partial charge is 0.493 e. The molecule has 1 spiro atoms. The maximum absolute atomic E-state index is 14.8. The standard InChI is InChI=1S/C34H34O11/c1-7-17(2)31(36)44-25-18(3)33(4,38)30(45-32(37)19-11-9-8-10-12-19)21-14-22(39-5)27(40-6)29(35)34(21)15-41-28-24(34)20(25)13-23-26(28)43-16-42-23/h7-14,18,25,30,38H,15-16H2,1-6H3/t18-,25-,30+,33-,34-/m0/s1. The fourth-order valence-electron chi connectivity index (χ4n) is 6.46. The molecule has 0 unspecified atom stereocenters. The maximum atomic E-state index is 14.8. The van der Waals surface area contributed by atoms with Gasteiger partial charge in [-0.05, 0) is 50.6 Å². The molecule has 1 N–H and O–H groups in total. The van der Waals surface area contributed by atoms with E-state index < -0.39 is 46.9 Å². The zero-order chi connectivity index (χ0) is 32.3. The van der Waals surface area contributed by atoms with E-state index in [-0.39, 0.29) is 47.6 Å². The van der Waals surface area contributed by atoms with Crippen LogP contribution in [0.1, 0.15) is 55.3 Å². The van der Waals surface area contributed by atoms with Gasteiger partial charge in [0.25, 0.3) is 0 Å². The van der Waals surface area contributed by atoms with Gasteiger partial charge >= 0.3 is 11.9 Å². The van der Waals surface area contributed by atoms with Crippen molar-refractivity contribution in [2.45, 2.75) is 50.9 Å². The molecule has 2 aromatic rings. The SMILES string of the molecule is CC=C(C)C(=O)O[C@@H]1c2cc3c(c4c2[C@@]2(CO4)C(=O)C(OC)=C(OC)C=C2[C@@H](OC(=O)c2ccccc2)[C@@](C)(O)[C@H]1C)OCO3. The van der Waals surface area contributed by atoms with Gasteiger partial charge in [-0.3, -0.25) is 4.79 Å². The van der Waals surface area contributed by atoms with Crippen LogP contribution in [0.2, 0.25) is 0 Å². The summed E-state index contributed by atoms with van der Waals surface area (Å²) < 4.78 is 41.2. The summed E-state index contributed by atoms with van der Waals surface area (Å²) in [6.45, 7) is 6.13. The van der Waals surface area contributed by atoms with E-state index in [9.17, 15) is 19.5 Å². The number of hydrogen-bond donors (Lipinski definition) is 1. The number of benzene rings is 2. The highest BCUT2D eigenvalue weighted by Gasteiger charge is 2.64. The Morgan fingerprint density at radius 3 is 2.44 bits per heavy atom. The fourth-order valence-corrected chi connectivity index (χ4v) is 6.46. The van der Waals surface area contributed by atoms with Crippen molar-refractivity contribution in [3.05, 3.63) is 87.9 Å². The summed E-state index contributed by atoms with van der Waals surface area (Å²) in [5.41, 5.74) is -2.14. The summed E-state index contributed by atoms with van der Waals surface area (Å²) in [6, 6.07) is 9.95. The van der Waals surface area contributed by atoms with E-state index in [1.54, 1.807) is 69.3 Å². The van der Waals surface area contributed by atoms with Crippen LogP contribution in [0.4, 0.5) is 0 Å². The number of Topliss-reactive ketones (excluding diaryl/α,β-unsaturated/α-hetero) is 1. The molecule has 0 saturated carbocycles. The predicted molar refractivity (Wildman–Crippen MR) is 158 cm³/mol. The van der Waals surface area contributed by atoms with Gasteiger partial charge in [0.2, 0.25) is 24.1 Å². The fraction of sp³-hybridized carbons (Fsp3) is 0.382. The first kappa shape index (κ1) is 30.3. The smallest absolute Gasteiger partial charge is 0.338 e. The van der Waals surface area contributed by atoms with Gasteiger partial charge in [-0.15, -0.1) is 0 Å². The van der Waals surface area contributed by atoms with Gasteiger partial charge < -0.3 is 38.3 Å². The summed E-state index contributed by atoms with van der Waals surface area (Å²) >= 11 is 0. The molecule has 2 aliphatic heterocycles. The second-order valence-electron chi connectivity index (χ2n) is 11.6. The third-order valence-electron chi connectivity index (χ3n) is 9.25. The molecule has 11 nitrogen and oxygen atoms in total. The van der Waals surface area contributed by atoms with E-state index in [0.717, 1.165) is 0 Å². The van der Waals surface area contributed by atoms with E-state index >= 15 is 0 Å². The van der Waals surface area contributed by atoms with Gasteiger partial charge in [0.05, 0.1) is 19.8 Å². The third-order valence-corrected chi connectivity index (χ3v) is 9.25. The highest BCUT2D eigenvalue weighted by Crippen LogP contribution is 2.62. The lowest BCUT2D eigenvalue weighted by molar-refractivity contribution is -0.163. The Morgan fingerprint density at radius 2 is 1.78 bits per heavy atom. The summed E-state index contributed by atoms with van der Waals surface area (Å²) in [5.74, 6) is -2.02. The minimum atomic E-state index is -1.93. The normalized spacial score (nSPS) is 28.2. The number of carbonyl (C=O) groups excluding carboxylic acids is 3. The number of hydrogen-bond acceptors (Lipinski definition) is 11. The summed E-state index contributed by atoms with van der Waals surface area (Å²) in [7, 11) is 2.73. The molecule has 0 aromatic heterocycles. The first-order chi connectivity index (χ1) is 21.5. The van der Waals surface area contributed by atoms with E-state index in [1.807, 2.05) is 0 Å². The van der Waals surface area contributed by atoms with E-state index in [4.69, 9.17) is 33.2 Å². The van der Waals surface area contributed by atoms with Crippen LogP contribution in [0.15, 0.2) is 71.2 Å². The molecule has 5 atom stereocenters. The van der Waals surface area contributed by atoms with Crippen LogP contribution in [-0.2, 0) is 34.0 Å². The Balaban J connectivity index is 1.67. The molecule has 6 rings (SSSR count). The Labute approximate surface area is 259 Å². The lowest BCUT2D eigenvalue weighted by Crippen LogP contribution is -2.58. The quantitative estimate of drug-likeness (QED) is 0.368. The van der Waals surface area contributed by atoms with Crippen molar-refractivity contribution in [3.8, 4) is 17.2 Å². The predicted octanol–water partition coefficient (Wildman–Crippen LogP) is 4.24. The van der Waals surface area contributed by atoms with Crippen molar-refractivity contribution in [1.29, 1.82) is 0 Å². The van der Waals surface area contributed by atoms with Gasteiger partial charge in [-0.1, -0.05) is 31.2 Å². The molecular formula is C34H34O11. The summed E-state index contributed by atoms with van der Waals surface area (Å²) in [6.07, 6.45) is 0.550. The van der Waals surface area contributed by atoms with Gasteiger partial charge in [0, 0.05) is 22.6 Å². The number of carbonyl (C=O) groups is 3. The molecule has 45 heavy (non-hydrogen) atoms. The summed E-state index contributed by atoms with van der Waals surface area (Å²) in [5, 5.41) is 12.5. The number of fused-ring (bicyclic) bond motifs is 2. The number of allylic oxidation sites excluding steroid dienone is 3. The maximum Gasteiger partial charge on any atom is 0.338 e. The molecular weight excluding hydrogens is 584 g/mol. The van der Waals surface area contributed by atoms with Crippen LogP contribution in [0, 0.1) is 5.92 Å². The number of ketones is 1. The van der Waals surface area contributed by atoms with Crippen LogP contribution in [0.5, 0.6) is 17.2 Å². The molecule has 4 aliphatic rings. The highest BCUT2D eigenvalue weighted by molar-refractivity contribution is 6.09. The van der Waals surface area contributed by atoms with Crippen LogP contribution in [-0.4, -0.2) is 62.2 Å². The zero-order valence-electron chi connectivity index (χ0n) is 25.8. The molecule has 0 radical (unpaired) electrons. The number of rotatable bonds is 6. The van der Waals surface area contributed by atoms with Crippen molar-refractivity contribution in [2.24, 2.45) is 5.92 Å². The summed E-state index contributed by atoms with van der Waals surface area (Å²) in [4.78, 5) is 41.7. The van der Waals surface area contributed by atoms with Gasteiger partial charge in [-0.25, -0.2) is 9.59 Å². The van der Waals surface area contributed by atoms with Gasteiger partial charge in [0.1, 0.15) is 23.7 Å². The van der Waals surface area contributed by atoms with Crippen LogP contribution >= 0.6 is 0 Å². The number of ether oxygens (including phenoxy) is 7. The second kappa shape index (κ2) is 11.0. The first-order valence-corrected chi connectivity index (χ1v) is 14.5. The Hall–Kier alpha value is -4.77. The lowest BCUT2D eigenvalue weighted by atomic mass is 9.59. The molecule has 11 heteroatoms. The van der Waals surface area contributed by atoms with E-state index in [2.05, 4.69) is 0 Å². The molecule has 236 valence electrons. The molecule has 0 saturated heterocycles. The van der Waals surface area contributed by atoms with Crippen molar-refractivity contribution in [1.82, 2.24) is 0 Å². The topological polar surface area (TPSA) is 136 Å². The van der Waals surface area contributed by atoms with Crippen LogP contribution in [0.3, 0.4) is 0 Å². The first-order valence-electron chi connectivity index (χ1n) is 14.5. The Kier molecular flexibility index (Phi) is 7.39. The average Bonchev–Trinajstić information content (AvgIpc) is 3.68. The van der Waals surface area contributed by atoms with E-state index in [1.165, 1.54) is 21.1 Å². The molecule has 0 fully saturated rings. The molecule has 0 bridgehead atoms. The number of esters is 2. The Bertz CT molecular complexity index is 1680. The van der Waals surface area contributed by atoms with Gasteiger partial charge in [0.15, 0.2) is 23.4 Å². The van der Waals surface area contributed by atoms with Crippen LogP contribution < -0.4 is 14.2 Å². The zero-order valence-corrected chi connectivity index (χ0v) is 25.8. The molecule has 2 aromatic carbocycles. The van der Waals surface area contributed by atoms with Crippen molar-refractivity contribution in [3.63, 3.8) is 0 Å². The second-order valence-corrected chi connectivity index (χ2v) is 11.6. The Morgan fingerprint density at radius 1 is 1.04 bits per heavy atom. The van der Waals surface area contributed by atoms with E-state index in [0.29, 0.717) is 22.4 Å². The average molecular weight is 619 g/mol.